The molecule has 0 radical (unpaired) electrons. The van der Waals surface area contributed by atoms with Crippen molar-refractivity contribution in [3.8, 4) is 12.1 Å². The average molecular weight is 132 g/mol. The summed E-state index contributed by atoms with van der Waals surface area (Å²) in [6.07, 6.45) is 2.91. The third-order valence-electron chi connectivity index (χ3n) is 1.19. The van der Waals surface area contributed by atoms with Crippen molar-refractivity contribution in [3.63, 3.8) is 0 Å². The van der Waals surface area contributed by atoms with Crippen molar-refractivity contribution in [1.29, 1.82) is 10.5 Å². The van der Waals surface area contributed by atoms with Gasteiger partial charge in [0.1, 0.15) is 0 Å². The Morgan fingerprint density at radius 3 is 1.40 bits per heavy atom. The second-order valence-corrected chi connectivity index (χ2v) is 1.78. The predicted octanol–water partition coefficient (Wildman–Crippen LogP) is 1.64. The highest BCUT2D eigenvalue weighted by molar-refractivity contribution is 5.11. The third-order valence-corrected chi connectivity index (χ3v) is 1.19. The van der Waals surface area contributed by atoms with Crippen LogP contribution < -0.4 is 0 Å². The summed E-state index contributed by atoms with van der Waals surface area (Å²) in [6, 6.07) is 3.88. The Balaban J connectivity index is 4.30. The van der Waals surface area contributed by atoms with E-state index in [2.05, 4.69) is 13.2 Å². The van der Waals surface area contributed by atoms with Gasteiger partial charge in [-0.15, -0.1) is 13.2 Å². The molecule has 0 aliphatic heterocycles. The molecule has 0 saturated carbocycles. The molecular weight excluding hydrogens is 124 g/mol. The van der Waals surface area contributed by atoms with Gasteiger partial charge in [-0.3, -0.25) is 0 Å². The molecule has 2 nitrogen and oxygen atoms in total. The van der Waals surface area contributed by atoms with Crippen molar-refractivity contribution in [2.24, 2.45) is 11.8 Å². The van der Waals surface area contributed by atoms with Crippen molar-refractivity contribution < 1.29 is 0 Å². The first-order valence-electron chi connectivity index (χ1n) is 2.84. The molecule has 2 unspecified atom stereocenters. The van der Waals surface area contributed by atoms with Crippen molar-refractivity contribution in [2.75, 3.05) is 0 Å². The Bertz CT molecular complexity index is 180. The molecule has 0 aromatic heterocycles. The lowest BCUT2D eigenvalue weighted by atomic mass is 9.95. The van der Waals surface area contributed by atoms with Crippen LogP contribution in [0, 0.1) is 34.5 Å². The highest BCUT2D eigenvalue weighted by Crippen LogP contribution is 2.11. The molecule has 0 saturated heterocycles. The molecule has 0 aromatic carbocycles. The van der Waals surface area contributed by atoms with Gasteiger partial charge in [0.2, 0.25) is 0 Å². The lowest BCUT2D eigenvalue weighted by molar-refractivity contribution is 0.704. The van der Waals surface area contributed by atoms with Gasteiger partial charge >= 0.3 is 0 Å². The summed E-state index contributed by atoms with van der Waals surface area (Å²) in [6.45, 7) is 6.85. The van der Waals surface area contributed by atoms with Gasteiger partial charge in [-0.25, -0.2) is 0 Å². The van der Waals surface area contributed by atoms with E-state index in [1.807, 2.05) is 12.1 Å². The summed E-state index contributed by atoms with van der Waals surface area (Å²) >= 11 is 0. The summed E-state index contributed by atoms with van der Waals surface area (Å²) in [5.41, 5.74) is 0. The van der Waals surface area contributed by atoms with Crippen molar-refractivity contribution >= 4 is 0 Å². The van der Waals surface area contributed by atoms with Gasteiger partial charge in [0.05, 0.1) is 24.0 Å². The second kappa shape index (κ2) is 4.35. The van der Waals surface area contributed by atoms with Crippen LogP contribution in [-0.4, -0.2) is 0 Å². The van der Waals surface area contributed by atoms with Crippen LogP contribution in [0.4, 0.5) is 0 Å². The van der Waals surface area contributed by atoms with E-state index >= 15 is 0 Å². The normalized spacial score (nSPS) is 13.8. The van der Waals surface area contributed by atoms with Crippen molar-refractivity contribution in [3.05, 3.63) is 25.3 Å². The standard InChI is InChI=1S/C8H8N2/c1-3-7(5-9)8(4-2)6-10/h3-4,7-8H,1-2H2. The van der Waals surface area contributed by atoms with E-state index in [0.29, 0.717) is 0 Å². The molecule has 0 spiro atoms. The van der Waals surface area contributed by atoms with E-state index in [0.717, 1.165) is 0 Å². The lowest BCUT2D eigenvalue weighted by Gasteiger charge is -2.03. The maximum absolute atomic E-state index is 8.44. The van der Waals surface area contributed by atoms with Gasteiger partial charge in [0.15, 0.2) is 0 Å². The minimum absolute atomic E-state index is 0.428. The fourth-order valence-electron chi connectivity index (χ4n) is 0.559. The van der Waals surface area contributed by atoms with Crippen molar-refractivity contribution in [2.45, 2.75) is 0 Å². The number of allylic oxidation sites excluding steroid dienone is 2. The van der Waals surface area contributed by atoms with E-state index in [4.69, 9.17) is 10.5 Å². The fraction of sp³-hybridized carbons (Fsp3) is 0.250. The highest BCUT2D eigenvalue weighted by atomic mass is 14.3. The highest BCUT2D eigenvalue weighted by Gasteiger charge is 2.12. The monoisotopic (exact) mass is 132 g/mol. The minimum Gasteiger partial charge on any atom is -0.198 e. The summed E-state index contributed by atoms with van der Waals surface area (Å²) < 4.78 is 0. The first-order valence-corrected chi connectivity index (χ1v) is 2.84. The zero-order valence-corrected chi connectivity index (χ0v) is 5.62. The molecule has 50 valence electrons. The molecular formula is C8H8N2. The van der Waals surface area contributed by atoms with Gasteiger partial charge in [-0.2, -0.15) is 10.5 Å². The van der Waals surface area contributed by atoms with E-state index in [1.165, 1.54) is 12.2 Å². The van der Waals surface area contributed by atoms with Gasteiger partial charge in [0.25, 0.3) is 0 Å². The quantitative estimate of drug-likeness (QED) is 0.548. The Labute approximate surface area is 60.7 Å². The van der Waals surface area contributed by atoms with E-state index in [9.17, 15) is 0 Å². The Kier molecular flexibility index (Phi) is 3.68. The second-order valence-electron chi connectivity index (χ2n) is 1.78. The molecule has 0 fully saturated rings. The van der Waals surface area contributed by atoms with Crippen LogP contribution in [0.5, 0.6) is 0 Å². The summed E-state index contributed by atoms with van der Waals surface area (Å²) in [5, 5.41) is 16.9. The molecule has 2 heteroatoms. The third kappa shape index (κ3) is 1.76. The number of hydrogen-bond donors (Lipinski definition) is 0. The van der Waals surface area contributed by atoms with Crippen LogP contribution in [0.3, 0.4) is 0 Å². The Hall–Kier alpha value is -1.54. The number of nitrogens with zero attached hydrogens (tertiary/aromatic N) is 2. The van der Waals surface area contributed by atoms with Crippen LogP contribution in [0.25, 0.3) is 0 Å². The number of rotatable bonds is 3. The zero-order valence-electron chi connectivity index (χ0n) is 5.62. The summed E-state index contributed by atoms with van der Waals surface area (Å²) in [4.78, 5) is 0. The van der Waals surface area contributed by atoms with Crippen LogP contribution >= 0.6 is 0 Å². The Morgan fingerprint density at radius 2 is 1.30 bits per heavy atom. The lowest BCUT2D eigenvalue weighted by Crippen LogP contribution is -2.04. The van der Waals surface area contributed by atoms with Crippen LogP contribution in [0.15, 0.2) is 25.3 Å². The molecule has 0 aromatic rings. The molecule has 0 rings (SSSR count). The fourth-order valence-corrected chi connectivity index (χ4v) is 0.559. The molecule has 0 aliphatic carbocycles. The number of hydrogen-bond acceptors (Lipinski definition) is 2. The molecule has 0 N–H and O–H groups in total. The van der Waals surface area contributed by atoms with Crippen LogP contribution in [0.1, 0.15) is 0 Å². The zero-order chi connectivity index (χ0) is 7.98. The average Bonchev–Trinajstić information content (AvgIpc) is 2.00. The topological polar surface area (TPSA) is 47.6 Å². The molecule has 0 heterocycles. The molecule has 0 amide bonds. The van der Waals surface area contributed by atoms with Crippen LogP contribution in [-0.2, 0) is 0 Å². The maximum atomic E-state index is 8.44. The maximum Gasteiger partial charge on any atom is 0.0834 e. The first kappa shape index (κ1) is 8.46. The molecule has 10 heavy (non-hydrogen) atoms. The van der Waals surface area contributed by atoms with Gasteiger partial charge in [-0.1, -0.05) is 12.2 Å². The Morgan fingerprint density at radius 1 is 1.00 bits per heavy atom. The van der Waals surface area contributed by atoms with Crippen molar-refractivity contribution in [1.82, 2.24) is 0 Å². The largest absolute Gasteiger partial charge is 0.198 e. The van der Waals surface area contributed by atoms with Crippen LogP contribution in [0.2, 0.25) is 0 Å². The number of nitriles is 2. The van der Waals surface area contributed by atoms with Gasteiger partial charge in [0, 0.05) is 0 Å². The molecule has 2 atom stereocenters. The SMILES string of the molecule is C=CC(C#N)C(C#N)C=C. The first-order chi connectivity index (χ1) is 4.79. The summed E-state index contributed by atoms with van der Waals surface area (Å²) in [7, 11) is 0. The van der Waals surface area contributed by atoms with Gasteiger partial charge in [-0.05, 0) is 0 Å². The minimum atomic E-state index is -0.428. The van der Waals surface area contributed by atoms with E-state index < -0.39 is 11.8 Å². The smallest absolute Gasteiger partial charge is 0.0834 e. The molecule has 0 bridgehead atoms. The summed E-state index contributed by atoms with van der Waals surface area (Å²) in [5.74, 6) is -0.856. The van der Waals surface area contributed by atoms with E-state index in [1.54, 1.807) is 0 Å². The molecule has 0 aliphatic rings. The van der Waals surface area contributed by atoms with Gasteiger partial charge < -0.3 is 0 Å². The van der Waals surface area contributed by atoms with E-state index in [-0.39, 0.29) is 0 Å². The predicted molar refractivity (Wildman–Crippen MR) is 38.6 cm³/mol.